The Kier molecular flexibility index (Phi) is 55.2. The van der Waals surface area contributed by atoms with Gasteiger partial charge in [0.1, 0.15) is 0 Å². The van der Waals surface area contributed by atoms with Crippen molar-refractivity contribution in [1.82, 2.24) is 35.1 Å². The first-order chi connectivity index (χ1) is 49.3. The normalized spacial score (nSPS) is 9.70. The summed E-state index contributed by atoms with van der Waals surface area (Å²) in [6, 6.07) is 66.7. The molecule has 15 rings (SSSR count). The quantitative estimate of drug-likeness (QED) is 0.0844. The molecular weight excluding hydrogens is 1220 g/mol. The third-order valence-corrected chi connectivity index (χ3v) is 13.5. The summed E-state index contributed by atoms with van der Waals surface area (Å²) in [6.07, 6.45) is 9.42. The molecule has 2 aliphatic rings. The van der Waals surface area contributed by atoms with Gasteiger partial charge in [-0.3, -0.25) is 5.10 Å². The molecule has 0 spiro atoms. The molecule has 0 aliphatic carbocycles. The fourth-order valence-electron chi connectivity index (χ4n) is 9.28. The molecule has 496 valence electrons. The molecule has 0 fully saturated rings. The van der Waals surface area contributed by atoms with E-state index in [0.29, 0.717) is 0 Å². The minimum absolute atomic E-state index is 0.988. The van der Waals surface area contributed by atoms with E-state index < -0.39 is 0 Å². The van der Waals surface area contributed by atoms with Crippen LogP contribution in [0, 0.1) is 48.5 Å². The van der Waals surface area contributed by atoms with Gasteiger partial charge in [-0.1, -0.05) is 169 Å². The molecule has 9 nitrogen and oxygen atoms in total. The van der Waals surface area contributed by atoms with E-state index in [2.05, 4.69) is 246 Å². The Hall–Kier alpha value is -8.43. The van der Waals surface area contributed by atoms with Gasteiger partial charge >= 0.3 is 0 Å². The highest BCUT2D eigenvalue weighted by atomic mass is 15.1. The number of para-hydroxylation sites is 4. The maximum atomic E-state index is 4.72. The second-order valence-electron chi connectivity index (χ2n) is 22.2. The highest BCUT2D eigenvalue weighted by Gasteiger charge is 2.14. The highest BCUT2D eigenvalue weighted by molar-refractivity contribution is 6.90. The Morgan fingerprint density at radius 3 is 1.25 bits per heavy atom. The first kappa shape index (κ1) is 93.6. The molecule has 102 heavy (non-hydrogen) atoms. The van der Waals surface area contributed by atoms with Crippen LogP contribution in [0.4, 0.5) is 11.4 Å². The van der Waals surface area contributed by atoms with Crippen LogP contribution in [0.15, 0.2) is 231 Å². The predicted molar refractivity (Wildman–Crippen MR) is 471 cm³/mol. The van der Waals surface area contributed by atoms with Crippen molar-refractivity contribution >= 4 is 185 Å². The third-order valence-electron chi connectivity index (χ3n) is 13.5. The molecule has 6 heterocycles. The summed E-state index contributed by atoms with van der Waals surface area (Å²) < 4.78 is 0. The molecule has 2 aliphatic heterocycles. The molecule has 24 radical (unpaired) electrons. The minimum atomic E-state index is 0.988. The van der Waals surface area contributed by atoms with Crippen molar-refractivity contribution in [3.8, 4) is 0 Å². The zero-order valence-electron chi connectivity index (χ0n) is 63.2. The van der Waals surface area contributed by atoms with Crippen molar-refractivity contribution < 1.29 is 0 Å². The predicted octanol–water partition coefficient (Wildman–Crippen LogP) is 15.9. The van der Waals surface area contributed by atoms with Gasteiger partial charge in [0.05, 0.1) is 104 Å². The number of aryl methyl sites for hydroxylation is 7. The van der Waals surface area contributed by atoms with Gasteiger partial charge in [0.15, 0.2) is 0 Å². The van der Waals surface area contributed by atoms with E-state index in [0.717, 1.165) is 46.2 Å². The largest absolute Gasteiger partial charge is 0.384 e. The molecule has 6 N–H and O–H groups in total. The number of benzene rings is 9. The molecule has 25 heteroatoms. The Balaban J connectivity index is 0.00000110. The lowest BCUT2D eigenvalue weighted by molar-refractivity contribution is 1.11. The van der Waals surface area contributed by atoms with Crippen LogP contribution in [0.1, 0.15) is 50.1 Å². The summed E-state index contributed by atoms with van der Waals surface area (Å²) >= 11 is 0. The fourth-order valence-corrected chi connectivity index (χ4v) is 9.28. The number of fused-ring (bicyclic) bond motifs is 7. The van der Waals surface area contributed by atoms with Crippen LogP contribution in [0.5, 0.6) is 0 Å². The number of H-pyrrole nitrogens is 4. The Bertz CT molecular complexity index is 3930. The summed E-state index contributed by atoms with van der Waals surface area (Å²) in [5.74, 6) is 0. The zero-order valence-corrected chi connectivity index (χ0v) is 63.2. The maximum Gasteiger partial charge on any atom is 0.0931 e. The number of hydrogen-bond acceptors (Lipinski definition) is 5. The molecule has 0 amide bonds. The number of aromatic nitrogens is 7. The Morgan fingerprint density at radius 1 is 0.382 bits per heavy atom. The van der Waals surface area contributed by atoms with E-state index in [9.17, 15) is 0 Å². The van der Waals surface area contributed by atoms with Crippen molar-refractivity contribution in [3.05, 3.63) is 282 Å². The zero-order chi connectivity index (χ0) is 76.3. The van der Waals surface area contributed by atoms with E-state index in [-0.39, 0.29) is 0 Å². The lowest BCUT2D eigenvalue weighted by atomic mass is 9.59. The molecule has 0 bridgehead atoms. The molecule has 0 unspecified atom stereocenters. The third kappa shape index (κ3) is 39.1. The van der Waals surface area contributed by atoms with Crippen LogP contribution < -0.4 is 10.6 Å². The second-order valence-corrected chi connectivity index (χ2v) is 22.2. The van der Waals surface area contributed by atoms with Gasteiger partial charge in [0.25, 0.3) is 0 Å². The number of rotatable bonds is 0. The van der Waals surface area contributed by atoms with Crippen molar-refractivity contribution in [2.75, 3.05) is 17.2 Å². The summed E-state index contributed by atoms with van der Waals surface area (Å²) in [7, 11) is 49.8. The van der Waals surface area contributed by atoms with E-state index in [4.69, 9.17) is 61.9 Å². The van der Waals surface area contributed by atoms with Crippen LogP contribution in [-0.4, -0.2) is 161 Å². The molecular formula is C77H95B16N9. The van der Waals surface area contributed by atoms with Crippen molar-refractivity contribution in [1.29, 1.82) is 0 Å². The van der Waals surface area contributed by atoms with Gasteiger partial charge in [-0.05, 0) is 152 Å². The van der Waals surface area contributed by atoms with Crippen LogP contribution in [0.2, 0.25) is 54.6 Å². The van der Waals surface area contributed by atoms with E-state index in [1.54, 1.807) is 67.2 Å². The smallest absolute Gasteiger partial charge is 0.0931 e. The van der Waals surface area contributed by atoms with Gasteiger partial charge in [-0.2, -0.15) is 5.10 Å². The topological polar surface area (TPSA) is 126 Å². The van der Waals surface area contributed by atoms with Gasteiger partial charge in [-0.25, -0.2) is 9.97 Å². The molecule has 9 aromatic carbocycles. The van der Waals surface area contributed by atoms with Crippen LogP contribution in [0.3, 0.4) is 0 Å². The van der Waals surface area contributed by atoms with Crippen LogP contribution >= 0.6 is 0 Å². The van der Waals surface area contributed by atoms with E-state index in [1.807, 2.05) is 60.9 Å². The lowest BCUT2D eigenvalue weighted by Crippen LogP contribution is -1.90. The first-order valence-corrected chi connectivity index (χ1v) is 33.8. The fraction of sp³-hybridized carbons (Fsp3) is 0.234. The minimum Gasteiger partial charge on any atom is -0.384 e. The van der Waals surface area contributed by atoms with Crippen molar-refractivity contribution in [2.45, 2.75) is 116 Å². The number of imidazole rings is 2. The Morgan fingerprint density at radius 2 is 0.784 bits per heavy atom. The number of hydrogen-bond donors (Lipinski definition) is 6. The van der Waals surface area contributed by atoms with Gasteiger partial charge < -0.3 is 25.6 Å². The molecule has 4 aromatic heterocycles. The van der Waals surface area contributed by atoms with Crippen LogP contribution in [-0.2, 0) is 12.8 Å². The first-order valence-electron chi connectivity index (χ1n) is 33.8. The van der Waals surface area contributed by atoms with E-state index in [1.165, 1.54) is 152 Å². The summed E-state index contributed by atoms with van der Waals surface area (Å²) in [4.78, 5) is 17.5. The summed E-state index contributed by atoms with van der Waals surface area (Å²) in [5.41, 5.74) is 22.3. The second kappa shape index (κ2) is 60.2. The van der Waals surface area contributed by atoms with Gasteiger partial charge in [0.2, 0.25) is 0 Å². The Labute approximate surface area is 630 Å². The molecule has 13 aromatic rings. The van der Waals surface area contributed by atoms with Crippen molar-refractivity contribution in [3.63, 3.8) is 0 Å². The number of anilines is 2. The van der Waals surface area contributed by atoms with Crippen LogP contribution in [0.25, 0.3) is 54.6 Å². The number of nitrogens with one attached hydrogen (secondary N) is 6. The van der Waals surface area contributed by atoms with Gasteiger partial charge in [0, 0.05) is 109 Å². The van der Waals surface area contributed by atoms with E-state index >= 15 is 0 Å². The monoisotopic (exact) mass is 1320 g/mol. The molecule has 0 saturated heterocycles. The number of aromatic amines is 4. The summed E-state index contributed by atoms with van der Waals surface area (Å²) in [6.45, 7) is 33.9. The molecule has 0 atom stereocenters. The SMILES string of the molecule is C=C1Cc2c(C)cccc2N1.Cc1cccc(C)c1.Cc1cccc2[nH]cnc12.Cc1cccc2[nH]cnc12.Cc1cccc2[nH]ncc12.Cc1cccc2ccccc12.[B][B]C.[B][B]C.[B][B]C.[B][B]C.[B][B]C.[B][B]C.[B][B]C.[B][B]C.c1ccc2[nH]ccc2c1.c1ccc2c(c1)CCN2. The maximum absolute atomic E-state index is 4.72. The number of nitrogens with zero attached hydrogens (tertiary/aromatic N) is 3. The summed E-state index contributed by atoms with van der Waals surface area (Å²) in [5, 5.41) is 18.6. The molecule has 0 saturated carbocycles. The standard InChI is InChI=1S/C11H10.C10H11N.3C8H8N2.C8H9N.C8H7N.C8H10.8CH3B2/c1-9-5-4-7-10-6-2-3-8-11(9)10;1-7-4-3-5-10-9(7)6-8(2)11-10;1-6-3-2-4-8-7(6)5-9-10-8;2*1-6-3-2-4-7-8(6)10-5-9-7;2*1-2-4-8-7(3-1)5-6-9-8;1-7-4-3-5-8(2)6-7;8*1-3-2/h2-8H,1H3;3-5,11H,2,6H2,1H3;3*2-5H,1H3,(H,9,10);1-4,9H,5-6H2;1-6,9H;3-6H,1-2H3;8*1H3. The number of allylic oxidation sites excluding steroid dienone is 1. The van der Waals surface area contributed by atoms with Gasteiger partial charge in [-0.15, -0.1) is 54.6 Å². The lowest BCUT2D eigenvalue weighted by Gasteiger charge is -2.00. The average molecular weight is 1320 g/mol. The average Bonchev–Trinajstić information content (AvgIpc) is 1.74. The van der Waals surface area contributed by atoms with Crippen molar-refractivity contribution in [2.24, 2.45) is 0 Å². The highest BCUT2D eigenvalue weighted by Crippen LogP contribution is 2.29.